The highest BCUT2D eigenvalue weighted by molar-refractivity contribution is 7.86. The van der Waals surface area contributed by atoms with Crippen LogP contribution in [0.2, 0.25) is 0 Å². The van der Waals surface area contributed by atoms with Gasteiger partial charge in [-0.2, -0.15) is 8.42 Å². The van der Waals surface area contributed by atoms with Crippen LogP contribution in [-0.4, -0.2) is 32.1 Å². The van der Waals surface area contributed by atoms with E-state index in [1.165, 1.54) is 0 Å². The number of hydrogen-bond acceptors (Lipinski definition) is 5. The lowest BCUT2D eigenvalue weighted by Crippen LogP contribution is -2.27. The molecule has 0 aliphatic carbocycles. The Hall–Kier alpha value is -0.170. The van der Waals surface area contributed by atoms with Crippen LogP contribution in [-0.2, 0) is 14.3 Å². The Labute approximate surface area is 66.3 Å². The first-order valence-electron chi connectivity index (χ1n) is 3.25. The fourth-order valence-electron chi connectivity index (χ4n) is 0.346. The fourth-order valence-corrected chi connectivity index (χ4v) is 0.803. The molecular formula is C5H13NO4S. The third-order valence-corrected chi connectivity index (χ3v) is 1.96. The second kappa shape index (κ2) is 4.66. The van der Waals surface area contributed by atoms with Gasteiger partial charge in [0.1, 0.15) is 0 Å². The first-order chi connectivity index (χ1) is 5.02. The number of aliphatic hydroxyl groups excluding tert-OH is 1. The van der Waals surface area contributed by atoms with E-state index in [0.29, 0.717) is 6.42 Å². The number of aliphatic hydroxyl groups is 1. The van der Waals surface area contributed by atoms with Gasteiger partial charge in [0.25, 0.3) is 10.1 Å². The molecule has 0 aliphatic heterocycles. The van der Waals surface area contributed by atoms with E-state index in [0.717, 1.165) is 0 Å². The summed E-state index contributed by atoms with van der Waals surface area (Å²) in [6.45, 7) is 1.75. The molecule has 0 aliphatic rings. The number of nitrogens with two attached hydrogens (primary N) is 1. The van der Waals surface area contributed by atoms with Crippen LogP contribution in [0.4, 0.5) is 0 Å². The van der Waals surface area contributed by atoms with E-state index in [-0.39, 0.29) is 12.6 Å². The zero-order valence-corrected chi connectivity index (χ0v) is 7.17. The summed E-state index contributed by atoms with van der Waals surface area (Å²) in [5, 5.41) is 8.23. The summed E-state index contributed by atoms with van der Waals surface area (Å²) in [6.07, 6.45) is 0.640. The highest BCUT2D eigenvalue weighted by atomic mass is 32.2. The minimum atomic E-state index is -3.75. The molecule has 0 aromatic rings. The standard InChI is InChI=1S/C5H13NO4S/c1-2-5(6)3-10-11(8,9)4-7/h5,7H,2-4,6H2,1H3. The first kappa shape index (κ1) is 10.8. The minimum absolute atomic E-state index is 0.0700. The molecule has 1 unspecified atom stereocenters. The molecule has 5 nitrogen and oxygen atoms in total. The zero-order valence-electron chi connectivity index (χ0n) is 6.36. The largest absolute Gasteiger partial charge is 0.378 e. The van der Waals surface area contributed by atoms with Crippen molar-refractivity contribution in [2.75, 3.05) is 12.5 Å². The van der Waals surface area contributed by atoms with Gasteiger partial charge in [0, 0.05) is 6.04 Å². The molecule has 0 fully saturated rings. The molecule has 6 heteroatoms. The maximum atomic E-state index is 10.5. The second-order valence-corrected chi connectivity index (χ2v) is 3.75. The number of hydrogen-bond donors (Lipinski definition) is 2. The zero-order chi connectivity index (χ0) is 8.91. The van der Waals surface area contributed by atoms with Gasteiger partial charge in [0.15, 0.2) is 5.94 Å². The van der Waals surface area contributed by atoms with Gasteiger partial charge in [-0.3, -0.25) is 4.18 Å². The lowest BCUT2D eigenvalue weighted by Gasteiger charge is -2.07. The van der Waals surface area contributed by atoms with Crippen molar-refractivity contribution in [1.82, 2.24) is 0 Å². The van der Waals surface area contributed by atoms with Gasteiger partial charge in [-0.25, -0.2) is 0 Å². The molecule has 0 aromatic heterocycles. The highest BCUT2D eigenvalue weighted by Gasteiger charge is 2.10. The van der Waals surface area contributed by atoms with Gasteiger partial charge in [0.05, 0.1) is 6.61 Å². The molecule has 0 saturated heterocycles. The quantitative estimate of drug-likeness (QED) is 0.535. The molecule has 0 aromatic carbocycles. The summed E-state index contributed by atoms with van der Waals surface area (Å²) in [7, 11) is -3.75. The van der Waals surface area contributed by atoms with Crippen LogP contribution in [0, 0.1) is 0 Å². The Kier molecular flexibility index (Phi) is 4.58. The molecule has 3 N–H and O–H groups in total. The SMILES string of the molecule is CCC(N)COS(=O)(=O)CO. The molecule has 1 atom stereocenters. The molecule has 0 spiro atoms. The predicted molar refractivity (Wildman–Crippen MR) is 40.2 cm³/mol. The van der Waals surface area contributed by atoms with Crippen LogP contribution in [0.5, 0.6) is 0 Å². The van der Waals surface area contributed by atoms with E-state index in [1.54, 1.807) is 0 Å². The summed E-state index contributed by atoms with van der Waals surface area (Å²) >= 11 is 0. The Morgan fingerprint density at radius 1 is 1.64 bits per heavy atom. The van der Waals surface area contributed by atoms with Crippen molar-refractivity contribution in [2.45, 2.75) is 19.4 Å². The summed E-state index contributed by atoms with van der Waals surface area (Å²) in [5.41, 5.74) is 5.36. The third-order valence-electron chi connectivity index (χ3n) is 1.14. The van der Waals surface area contributed by atoms with Crippen LogP contribution in [0.25, 0.3) is 0 Å². The van der Waals surface area contributed by atoms with Crippen molar-refractivity contribution in [3.8, 4) is 0 Å². The number of rotatable bonds is 5. The van der Waals surface area contributed by atoms with Crippen LogP contribution in [0.1, 0.15) is 13.3 Å². The van der Waals surface area contributed by atoms with Gasteiger partial charge in [-0.15, -0.1) is 0 Å². The maximum Gasteiger partial charge on any atom is 0.291 e. The van der Waals surface area contributed by atoms with Gasteiger partial charge in [-0.1, -0.05) is 6.92 Å². The Bertz CT molecular complexity index is 189. The van der Waals surface area contributed by atoms with E-state index in [4.69, 9.17) is 10.8 Å². The van der Waals surface area contributed by atoms with Crippen molar-refractivity contribution in [3.05, 3.63) is 0 Å². The molecule has 0 bridgehead atoms. The van der Waals surface area contributed by atoms with E-state index < -0.39 is 16.1 Å². The molecule has 0 amide bonds. The van der Waals surface area contributed by atoms with E-state index in [2.05, 4.69) is 4.18 Å². The van der Waals surface area contributed by atoms with Crippen LogP contribution < -0.4 is 5.73 Å². The van der Waals surface area contributed by atoms with Gasteiger partial charge < -0.3 is 10.8 Å². The van der Waals surface area contributed by atoms with Gasteiger partial charge in [0.2, 0.25) is 0 Å². The highest BCUT2D eigenvalue weighted by Crippen LogP contribution is 1.94. The predicted octanol–water partition coefficient (Wildman–Crippen LogP) is -0.980. The monoisotopic (exact) mass is 183 g/mol. The molecule has 68 valence electrons. The van der Waals surface area contributed by atoms with E-state index >= 15 is 0 Å². The van der Waals surface area contributed by atoms with Crippen molar-refractivity contribution in [1.29, 1.82) is 0 Å². The van der Waals surface area contributed by atoms with E-state index in [9.17, 15) is 8.42 Å². The summed E-state index contributed by atoms with van der Waals surface area (Å²) in [4.78, 5) is 0. The van der Waals surface area contributed by atoms with Crippen LogP contribution in [0.15, 0.2) is 0 Å². The van der Waals surface area contributed by atoms with Crippen molar-refractivity contribution in [2.24, 2.45) is 5.73 Å². The molecule has 0 radical (unpaired) electrons. The Morgan fingerprint density at radius 3 is 2.55 bits per heavy atom. The molecule has 0 saturated carbocycles. The average molecular weight is 183 g/mol. The molecular weight excluding hydrogens is 170 g/mol. The molecule has 0 heterocycles. The molecule has 11 heavy (non-hydrogen) atoms. The van der Waals surface area contributed by atoms with Gasteiger partial charge >= 0.3 is 0 Å². The maximum absolute atomic E-state index is 10.5. The average Bonchev–Trinajstić information content (AvgIpc) is 2.00. The van der Waals surface area contributed by atoms with Crippen LogP contribution >= 0.6 is 0 Å². The third kappa shape index (κ3) is 5.14. The first-order valence-corrected chi connectivity index (χ1v) is 4.83. The summed E-state index contributed by atoms with van der Waals surface area (Å²) in [6, 6.07) is -0.295. The summed E-state index contributed by atoms with van der Waals surface area (Å²) in [5.74, 6) is -0.997. The van der Waals surface area contributed by atoms with Crippen molar-refractivity contribution < 1.29 is 17.7 Å². The smallest absolute Gasteiger partial charge is 0.291 e. The van der Waals surface area contributed by atoms with Crippen molar-refractivity contribution in [3.63, 3.8) is 0 Å². The molecule has 0 rings (SSSR count). The second-order valence-electron chi connectivity index (χ2n) is 2.14. The van der Waals surface area contributed by atoms with Gasteiger partial charge in [-0.05, 0) is 6.42 Å². The lowest BCUT2D eigenvalue weighted by atomic mass is 10.3. The topological polar surface area (TPSA) is 89.6 Å². The Balaban J connectivity index is 3.71. The Morgan fingerprint density at radius 2 is 2.18 bits per heavy atom. The fraction of sp³-hybridized carbons (Fsp3) is 1.00. The summed E-state index contributed by atoms with van der Waals surface area (Å²) < 4.78 is 25.3. The lowest BCUT2D eigenvalue weighted by molar-refractivity contribution is 0.261. The van der Waals surface area contributed by atoms with E-state index in [1.807, 2.05) is 6.92 Å². The normalized spacial score (nSPS) is 14.8. The minimum Gasteiger partial charge on any atom is -0.378 e. The van der Waals surface area contributed by atoms with Crippen molar-refractivity contribution >= 4 is 10.1 Å². The van der Waals surface area contributed by atoms with Crippen LogP contribution in [0.3, 0.4) is 0 Å².